The summed E-state index contributed by atoms with van der Waals surface area (Å²) in [5.74, 6) is 1.03. The average Bonchev–Trinajstić information content (AvgIpc) is 2.73. The molecule has 0 aliphatic rings. The van der Waals surface area contributed by atoms with Crippen LogP contribution in [-0.2, 0) is 11.8 Å². The molecule has 4 rings (SSSR count). The number of non-ortho nitro benzene ring substituents is 1. The van der Waals surface area contributed by atoms with Gasteiger partial charge in [0.05, 0.1) is 4.92 Å². The minimum Gasteiger partial charge on any atom is -0.258 e. The third kappa shape index (κ3) is 4.05. The Bertz CT molecular complexity index is 963. The van der Waals surface area contributed by atoms with Gasteiger partial charge >= 0.3 is 0 Å². The van der Waals surface area contributed by atoms with E-state index in [0.29, 0.717) is 11.8 Å². The SMILES string of the molecule is ClCc1c2ccccc2c(CCl)c2ccccc12.O=[N+]([O-])c1ccccc1. The monoisotopic (exact) mass is 397 g/mol. The molecule has 5 heteroatoms. The van der Waals surface area contributed by atoms with Gasteiger partial charge in [0.2, 0.25) is 0 Å². The fourth-order valence-corrected chi connectivity index (χ4v) is 3.72. The molecule has 0 radical (unpaired) electrons. The maximum Gasteiger partial charge on any atom is 0.269 e. The quantitative estimate of drug-likeness (QED) is 0.160. The van der Waals surface area contributed by atoms with Crippen LogP contribution in [0.25, 0.3) is 21.5 Å². The van der Waals surface area contributed by atoms with Gasteiger partial charge in [-0.25, -0.2) is 0 Å². The molecule has 0 unspecified atom stereocenters. The van der Waals surface area contributed by atoms with Gasteiger partial charge in [-0.2, -0.15) is 0 Å². The normalized spacial score (nSPS) is 10.4. The molecule has 27 heavy (non-hydrogen) atoms. The summed E-state index contributed by atoms with van der Waals surface area (Å²) in [6, 6.07) is 24.6. The third-order valence-corrected chi connectivity index (χ3v) is 4.92. The Balaban J connectivity index is 0.000000197. The highest BCUT2D eigenvalue weighted by Gasteiger charge is 2.11. The second-order valence-electron chi connectivity index (χ2n) is 5.91. The first kappa shape index (κ1) is 19.2. The van der Waals surface area contributed by atoms with Gasteiger partial charge in [0.1, 0.15) is 0 Å². The number of para-hydroxylation sites is 1. The zero-order valence-electron chi connectivity index (χ0n) is 14.4. The molecule has 0 N–H and O–H groups in total. The Morgan fingerprint density at radius 3 is 1.22 bits per heavy atom. The van der Waals surface area contributed by atoms with Gasteiger partial charge in [-0.15, -0.1) is 23.2 Å². The molecular formula is C22H17Cl2NO2. The fraction of sp³-hybridized carbons (Fsp3) is 0.0909. The van der Waals surface area contributed by atoms with Crippen molar-refractivity contribution in [1.29, 1.82) is 0 Å². The lowest BCUT2D eigenvalue weighted by Crippen LogP contribution is -1.92. The lowest BCUT2D eigenvalue weighted by molar-refractivity contribution is -0.384. The molecule has 0 fully saturated rings. The molecule has 4 aromatic rings. The number of hydrogen-bond donors (Lipinski definition) is 0. The molecule has 136 valence electrons. The molecule has 0 aromatic heterocycles. The summed E-state index contributed by atoms with van der Waals surface area (Å²) in [4.78, 5) is 9.59. The number of nitrogens with zero attached hydrogens (tertiary/aromatic N) is 1. The van der Waals surface area contributed by atoms with Crippen molar-refractivity contribution >= 4 is 50.4 Å². The Kier molecular flexibility index (Phi) is 6.28. The van der Waals surface area contributed by atoms with Gasteiger partial charge in [-0.1, -0.05) is 66.7 Å². The van der Waals surface area contributed by atoms with Crippen LogP contribution in [0.15, 0.2) is 78.9 Å². The van der Waals surface area contributed by atoms with E-state index in [1.165, 1.54) is 44.8 Å². The van der Waals surface area contributed by atoms with Crippen molar-refractivity contribution in [1.82, 2.24) is 0 Å². The molecule has 3 nitrogen and oxygen atoms in total. The highest BCUT2D eigenvalue weighted by Crippen LogP contribution is 2.34. The molecule has 4 aromatic carbocycles. The maximum atomic E-state index is 10.0. The van der Waals surface area contributed by atoms with Crippen LogP contribution in [0, 0.1) is 10.1 Å². The number of hydrogen-bond acceptors (Lipinski definition) is 2. The van der Waals surface area contributed by atoms with Crippen molar-refractivity contribution in [2.24, 2.45) is 0 Å². The Labute approximate surface area is 167 Å². The number of fused-ring (bicyclic) bond motifs is 2. The van der Waals surface area contributed by atoms with Crippen molar-refractivity contribution in [3.8, 4) is 0 Å². The van der Waals surface area contributed by atoms with Crippen LogP contribution in [0.4, 0.5) is 5.69 Å². The van der Waals surface area contributed by atoms with E-state index < -0.39 is 4.92 Å². The summed E-state index contributed by atoms with van der Waals surface area (Å²) >= 11 is 12.3. The van der Waals surface area contributed by atoms with Crippen LogP contribution >= 0.6 is 23.2 Å². The van der Waals surface area contributed by atoms with Crippen molar-refractivity contribution in [3.05, 3.63) is 100 Å². The van der Waals surface area contributed by atoms with E-state index in [-0.39, 0.29) is 5.69 Å². The predicted octanol–water partition coefficient (Wildman–Crippen LogP) is 7.07. The van der Waals surface area contributed by atoms with Gasteiger partial charge in [-0.05, 0) is 32.7 Å². The van der Waals surface area contributed by atoms with Crippen LogP contribution in [-0.4, -0.2) is 4.92 Å². The first-order valence-corrected chi connectivity index (χ1v) is 9.46. The van der Waals surface area contributed by atoms with E-state index in [1.807, 2.05) is 24.3 Å². The van der Waals surface area contributed by atoms with Gasteiger partial charge in [0.15, 0.2) is 0 Å². The molecule has 0 heterocycles. The summed E-state index contributed by atoms with van der Waals surface area (Å²) in [7, 11) is 0. The number of rotatable bonds is 3. The highest BCUT2D eigenvalue weighted by molar-refractivity contribution is 6.22. The minimum absolute atomic E-state index is 0.137. The van der Waals surface area contributed by atoms with E-state index in [9.17, 15) is 10.1 Å². The molecule has 0 saturated heterocycles. The first-order chi connectivity index (χ1) is 13.2. The second kappa shape index (κ2) is 8.85. The van der Waals surface area contributed by atoms with E-state index >= 15 is 0 Å². The summed E-state index contributed by atoms with van der Waals surface area (Å²) < 4.78 is 0. The number of alkyl halides is 2. The third-order valence-electron chi connectivity index (χ3n) is 4.39. The average molecular weight is 398 g/mol. The van der Waals surface area contributed by atoms with Crippen LogP contribution in [0.3, 0.4) is 0 Å². The summed E-state index contributed by atoms with van der Waals surface area (Å²) in [6.07, 6.45) is 0. The molecule has 0 bridgehead atoms. The van der Waals surface area contributed by atoms with Crippen molar-refractivity contribution in [3.63, 3.8) is 0 Å². The lowest BCUT2D eigenvalue weighted by atomic mass is 9.93. The van der Waals surface area contributed by atoms with E-state index in [0.717, 1.165) is 0 Å². The van der Waals surface area contributed by atoms with Gasteiger partial charge in [0, 0.05) is 23.9 Å². The standard InChI is InChI=1S/C16H12Cl2.C6H5NO2/c17-9-15-11-5-1-2-6-12(11)16(10-18)14-8-4-3-7-13(14)15;8-7(9)6-4-2-1-3-5-6/h1-8H,9-10H2;1-5H. The predicted molar refractivity (Wildman–Crippen MR) is 114 cm³/mol. The molecular weight excluding hydrogens is 381 g/mol. The van der Waals surface area contributed by atoms with Crippen LogP contribution in [0.5, 0.6) is 0 Å². The van der Waals surface area contributed by atoms with Crippen molar-refractivity contribution in [2.75, 3.05) is 0 Å². The number of benzene rings is 4. The Hall–Kier alpha value is -2.62. The van der Waals surface area contributed by atoms with Crippen LogP contribution < -0.4 is 0 Å². The Morgan fingerprint density at radius 1 is 0.630 bits per heavy atom. The zero-order valence-corrected chi connectivity index (χ0v) is 16.0. The smallest absolute Gasteiger partial charge is 0.258 e. The molecule has 0 amide bonds. The second-order valence-corrected chi connectivity index (χ2v) is 6.44. The maximum absolute atomic E-state index is 10.0. The van der Waals surface area contributed by atoms with Crippen LogP contribution in [0.2, 0.25) is 0 Å². The zero-order chi connectivity index (χ0) is 19.2. The molecule has 0 aliphatic heterocycles. The number of halogens is 2. The fourth-order valence-electron chi connectivity index (χ4n) is 3.15. The summed E-state index contributed by atoms with van der Waals surface area (Å²) in [5, 5.41) is 14.8. The number of nitro groups is 1. The molecule has 0 atom stereocenters. The van der Waals surface area contributed by atoms with E-state index in [4.69, 9.17) is 23.2 Å². The summed E-state index contributed by atoms with van der Waals surface area (Å²) in [6.45, 7) is 0. The largest absolute Gasteiger partial charge is 0.269 e. The van der Waals surface area contributed by atoms with Gasteiger partial charge in [-0.3, -0.25) is 10.1 Å². The number of nitro benzene ring substituents is 1. The van der Waals surface area contributed by atoms with E-state index in [1.54, 1.807) is 18.2 Å². The van der Waals surface area contributed by atoms with Crippen LogP contribution in [0.1, 0.15) is 11.1 Å². The van der Waals surface area contributed by atoms with Crippen molar-refractivity contribution < 1.29 is 4.92 Å². The molecule has 0 spiro atoms. The van der Waals surface area contributed by atoms with Gasteiger partial charge < -0.3 is 0 Å². The molecule has 0 aliphatic carbocycles. The van der Waals surface area contributed by atoms with Crippen molar-refractivity contribution in [2.45, 2.75) is 11.8 Å². The highest BCUT2D eigenvalue weighted by atomic mass is 35.5. The molecule has 0 saturated carbocycles. The first-order valence-electron chi connectivity index (χ1n) is 8.40. The lowest BCUT2D eigenvalue weighted by Gasteiger charge is -2.13. The van der Waals surface area contributed by atoms with Gasteiger partial charge in [0.25, 0.3) is 5.69 Å². The topological polar surface area (TPSA) is 43.1 Å². The Morgan fingerprint density at radius 2 is 0.963 bits per heavy atom. The summed E-state index contributed by atoms with van der Waals surface area (Å²) in [5.41, 5.74) is 2.52. The minimum atomic E-state index is -0.417. The van der Waals surface area contributed by atoms with E-state index in [2.05, 4.69) is 24.3 Å².